The Balaban J connectivity index is 1.89. The van der Waals surface area contributed by atoms with E-state index in [9.17, 15) is 4.39 Å². The number of nitrogens with one attached hydrogen (secondary N) is 1. The molecule has 0 spiro atoms. The Morgan fingerprint density at radius 2 is 1.82 bits per heavy atom. The second-order valence-electron chi connectivity index (χ2n) is 7.56. The van der Waals surface area contributed by atoms with Crippen molar-refractivity contribution in [1.29, 1.82) is 0 Å². The summed E-state index contributed by atoms with van der Waals surface area (Å²) < 4.78 is 20.3. The van der Waals surface area contributed by atoms with Gasteiger partial charge in [-0.3, -0.25) is 5.43 Å². The van der Waals surface area contributed by atoms with Crippen LogP contribution in [0.1, 0.15) is 76.7 Å². The van der Waals surface area contributed by atoms with Crippen LogP contribution >= 0.6 is 0 Å². The molecular weight excluding hydrogens is 353 g/mol. The number of allylic oxidation sites excluding steroid dienone is 3. The Morgan fingerprint density at radius 1 is 1.14 bits per heavy atom. The van der Waals surface area contributed by atoms with Crippen LogP contribution < -0.4 is 11.2 Å². The summed E-state index contributed by atoms with van der Waals surface area (Å²) in [6.45, 7) is 4.65. The quantitative estimate of drug-likeness (QED) is 0.256. The smallest absolute Gasteiger partial charge is 0.186 e. The number of halogens is 1. The first kappa shape index (κ1) is 20.4. The van der Waals surface area contributed by atoms with Gasteiger partial charge in [-0.15, -0.1) is 0 Å². The molecule has 0 saturated heterocycles. The molecule has 2 aliphatic rings. The fraction of sp³-hybridized carbons (Fsp3) is 0.522. The van der Waals surface area contributed by atoms with Crippen LogP contribution in [-0.2, 0) is 4.74 Å². The lowest BCUT2D eigenvalue weighted by Gasteiger charge is -2.28. The van der Waals surface area contributed by atoms with E-state index in [0.717, 1.165) is 55.5 Å². The van der Waals surface area contributed by atoms with E-state index in [0.29, 0.717) is 12.4 Å². The zero-order valence-electron chi connectivity index (χ0n) is 17.1. The van der Waals surface area contributed by atoms with Crippen molar-refractivity contribution in [1.82, 2.24) is 5.43 Å². The number of benzene rings is 1. The molecule has 0 aliphatic heterocycles. The molecule has 3 N–H and O–H groups in total. The fourth-order valence-electron chi connectivity index (χ4n) is 3.78. The summed E-state index contributed by atoms with van der Waals surface area (Å²) in [4.78, 5) is 0. The number of nitrogens with zero attached hydrogens (tertiary/aromatic N) is 1. The standard InChI is InChI=1S/C23H32FN3O/c1-3-9-19(18-14-5-6-15-20(18)24)21(16-10-7-11-16)26-27-23(25)22(28-4-2)17-12-8-13-17/h5-6,14-15,19,26H,3-4,7-13H2,1-2H3,(H2,25,27). The van der Waals surface area contributed by atoms with E-state index >= 15 is 0 Å². The molecule has 152 valence electrons. The maximum Gasteiger partial charge on any atom is 0.186 e. The van der Waals surface area contributed by atoms with Gasteiger partial charge in [0.25, 0.3) is 0 Å². The highest BCUT2D eigenvalue weighted by molar-refractivity contribution is 5.95. The Kier molecular flexibility index (Phi) is 7.12. The van der Waals surface area contributed by atoms with Gasteiger partial charge >= 0.3 is 0 Å². The third-order valence-electron chi connectivity index (χ3n) is 5.64. The summed E-state index contributed by atoms with van der Waals surface area (Å²) in [7, 11) is 0. The van der Waals surface area contributed by atoms with Gasteiger partial charge in [0.1, 0.15) is 5.82 Å². The number of nitrogens with two attached hydrogens (primary N) is 1. The molecule has 1 aromatic rings. The Bertz CT molecular complexity index is 770. The molecule has 0 aromatic heterocycles. The van der Waals surface area contributed by atoms with Gasteiger partial charge in [0, 0.05) is 11.6 Å². The maximum absolute atomic E-state index is 14.6. The van der Waals surface area contributed by atoms with Gasteiger partial charge in [-0.2, -0.15) is 5.10 Å². The molecule has 3 rings (SSSR count). The highest BCUT2D eigenvalue weighted by atomic mass is 19.1. The predicted molar refractivity (Wildman–Crippen MR) is 112 cm³/mol. The molecule has 4 nitrogen and oxygen atoms in total. The van der Waals surface area contributed by atoms with E-state index in [-0.39, 0.29) is 11.7 Å². The van der Waals surface area contributed by atoms with Gasteiger partial charge < -0.3 is 10.5 Å². The normalized spacial score (nSPS) is 17.5. The van der Waals surface area contributed by atoms with Crippen molar-refractivity contribution < 1.29 is 9.13 Å². The van der Waals surface area contributed by atoms with Gasteiger partial charge in [0.05, 0.1) is 6.61 Å². The van der Waals surface area contributed by atoms with E-state index in [1.807, 2.05) is 19.1 Å². The first-order valence-corrected chi connectivity index (χ1v) is 10.6. The summed E-state index contributed by atoms with van der Waals surface area (Å²) in [6.07, 6.45) is 8.28. The van der Waals surface area contributed by atoms with Gasteiger partial charge in [0.15, 0.2) is 11.6 Å². The van der Waals surface area contributed by atoms with Gasteiger partial charge in [0.2, 0.25) is 0 Å². The third-order valence-corrected chi connectivity index (χ3v) is 5.64. The van der Waals surface area contributed by atoms with Crippen LogP contribution in [0, 0.1) is 5.82 Å². The Morgan fingerprint density at radius 3 is 2.36 bits per heavy atom. The minimum atomic E-state index is -0.163. The minimum absolute atomic E-state index is 0.0371. The zero-order chi connectivity index (χ0) is 19.9. The van der Waals surface area contributed by atoms with Crippen LogP contribution in [0.25, 0.3) is 0 Å². The summed E-state index contributed by atoms with van der Waals surface area (Å²) in [6, 6.07) is 7.05. The average molecular weight is 386 g/mol. The topological polar surface area (TPSA) is 59.6 Å². The molecule has 1 atom stereocenters. The highest BCUT2D eigenvalue weighted by Gasteiger charge is 2.26. The van der Waals surface area contributed by atoms with Crippen LogP contribution in [0.3, 0.4) is 0 Å². The summed E-state index contributed by atoms with van der Waals surface area (Å²) >= 11 is 0. The summed E-state index contributed by atoms with van der Waals surface area (Å²) in [5.74, 6) is 0.906. The van der Waals surface area contributed by atoms with E-state index in [2.05, 4.69) is 17.5 Å². The number of ether oxygens (including phenoxy) is 1. The van der Waals surface area contributed by atoms with Gasteiger partial charge in [-0.05, 0) is 74.6 Å². The third kappa shape index (κ3) is 4.57. The molecule has 0 amide bonds. The number of hydrogen-bond acceptors (Lipinski definition) is 3. The number of rotatable bonds is 9. The maximum atomic E-state index is 14.6. The van der Waals surface area contributed by atoms with Crippen LogP contribution in [-0.4, -0.2) is 12.4 Å². The zero-order valence-corrected chi connectivity index (χ0v) is 17.1. The molecule has 0 heterocycles. The first-order chi connectivity index (χ1) is 13.7. The molecule has 0 radical (unpaired) electrons. The second-order valence-corrected chi connectivity index (χ2v) is 7.56. The van der Waals surface area contributed by atoms with E-state index < -0.39 is 0 Å². The van der Waals surface area contributed by atoms with Crippen LogP contribution in [0.4, 0.5) is 4.39 Å². The Labute approximate surface area is 167 Å². The molecular formula is C23H32FN3O. The van der Waals surface area contributed by atoms with Crippen molar-refractivity contribution in [2.45, 2.75) is 71.1 Å². The number of hydrogen-bond donors (Lipinski definition) is 2. The van der Waals surface area contributed by atoms with Crippen molar-refractivity contribution in [3.8, 4) is 0 Å². The van der Waals surface area contributed by atoms with Crippen molar-refractivity contribution in [2.24, 2.45) is 10.8 Å². The van der Waals surface area contributed by atoms with Crippen molar-refractivity contribution >= 4 is 5.84 Å². The summed E-state index contributed by atoms with van der Waals surface area (Å²) in [5, 5.41) is 4.49. The SMILES string of the molecule is CCCC(C(N/N=C(\N)C(OCC)=C1CCC1)=C1CCC1)c1ccccc1F. The largest absolute Gasteiger partial charge is 0.490 e. The molecule has 1 unspecified atom stereocenters. The Hall–Kier alpha value is -2.30. The van der Waals surface area contributed by atoms with Gasteiger partial charge in [-0.1, -0.05) is 31.5 Å². The van der Waals surface area contributed by atoms with Crippen molar-refractivity contribution in [3.05, 3.63) is 58.2 Å². The van der Waals surface area contributed by atoms with E-state index in [4.69, 9.17) is 10.5 Å². The second kappa shape index (κ2) is 9.76. The lowest BCUT2D eigenvalue weighted by molar-refractivity contribution is 0.239. The average Bonchev–Trinajstić information content (AvgIpc) is 2.60. The summed E-state index contributed by atoms with van der Waals surface area (Å²) in [5.41, 5.74) is 13.8. The molecule has 1 aromatic carbocycles. The molecule has 2 fully saturated rings. The lowest BCUT2D eigenvalue weighted by Crippen LogP contribution is -2.27. The first-order valence-electron chi connectivity index (χ1n) is 10.6. The van der Waals surface area contributed by atoms with Crippen molar-refractivity contribution in [3.63, 3.8) is 0 Å². The minimum Gasteiger partial charge on any atom is -0.490 e. The van der Waals surface area contributed by atoms with Gasteiger partial charge in [-0.25, -0.2) is 4.39 Å². The lowest BCUT2D eigenvalue weighted by atomic mass is 9.82. The monoisotopic (exact) mass is 385 g/mol. The van der Waals surface area contributed by atoms with Crippen LogP contribution in [0.2, 0.25) is 0 Å². The molecule has 5 heteroatoms. The van der Waals surface area contributed by atoms with Crippen molar-refractivity contribution in [2.75, 3.05) is 6.61 Å². The number of hydrazone groups is 1. The predicted octanol–water partition coefficient (Wildman–Crippen LogP) is 5.48. The number of amidine groups is 1. The highest BCUT2D eigenvalue weighted by Crippen LogP contribution is 2.38. The van der Waals surface area contributed by atoms with Crippen LogP contribution in [0.5, 0.6) is 0 Å². The van der Waals surface area contributed by atoms with Crippen LogP contribution in [0.15, 0.2) is 52.0 Å². The molecule has 0 bridgehead atoms. The molecule has 2 aliphatic carbocycles. The molecule has 2 saturated carbocycles. The fourth-order valence-corrected chi connectivity index (χ4v) is 3.78. The molecule has 28 heavy (non-hydrogen) atoms. The van der Waals surface area contributed by atoms with E-state index in [1.165, 1.54) is 30.1 Å². The van der Waals surface area contributed by atoms with E-state index in [1.54, 1.807) is 6.07 Å².